The van der Waals surface area contributed by atoms with Crippen LogP contribution in [0.3, 0.4) is 0 Å². The Kier molecular flexibility index (Phi) is 6.92. The van der Waals surface area contributed by atoms with Gasteiger partial charge in [0.1, 0.15) is 5.75 Å². The summed E-state index contributed by atoms with van der Waals surface area (Å²) in [5.74, 6) is 0.455. The first kappa shape index (κ1) is 18.7. The van der Waals surface area contributed by atoms with E-state index in [4.69, 9.17) is 16.3 Å². The van der Waals surface area contributed by atoms with E-state index in [2.05, 4.69) is 28.4 Å². The van der Waals surface area contributed by atoms with Crippen LogP contribution in [-0.2, 0) is 17.9 Å². The van der Waals surface area contributed by atoms with E-state index in [1.165, 1.54) is 24.8 Å². The Morgan fingerprint density at radius 1 is 1.04 bits per heavy atom. The zero-order valence-corrected chi connectivity index (χ0v) is 15.7. The van der Waals surface area contributed by atoms with Crippen molar-refractivity contribution in [3.05, 3.63) is 64.7 Å². The van der Waals surface area contributed by atoms with E-state index in [9.17, 15) is 4.79 Å². The van der Waals surface area contributed by atoms with E-state index < -0.39 is 0 Å². The minimum atomic E-state index is -0.141. The third-order valence-corrected chi connectivity index (χ3v) is 4.84. The molecule has 5 heteroatoms. The molecule has 0 bridgehead atoms. The Balaban J connectivity index is 1.50. The molecule has 2 aromatic rings. The highest BCUT2D eigenvalue weighted by atomic mass is 35.5. The summed E-state index contributed by atoms with van der Waals surface area (Å²) in [6, 6.07) is 15.4. The molecule has 0 aliphatic carbocycles. The Bertz CT molecular complexity index is 729. The molecule has 0 spiro atoms. The second-order valence-electron chi connectivity index (χ2n) is 6.63. The first-order chi connectivity index (χ1) is 12.7. The summed E-state index contributed by atoms with van der Waals surface area (Å²) in [6.45, 7) is 3.77. The average molecular weight is 373 g/mol. The molecule has 2 aromatic carbocycles. The van der Waals surface area contributed by atoms with Crippen LogP contribution in [0.25, 0.3) is 0 Å². The lowest BCUT2D eigenvalue weighted by Crippen LogP contribution is -2.31. The van der Waals surface area contributed by atoms with Crippen molar-refractivity contribution >= 4 is 17.5 Å². The maximum absolute atomic E-state index is 12.1. The molecule has 3 rings (SSSR count). The normalized spacial score (nSPS) is 14.8. The number of piperidine rings is 1. The number of likely N-dealkylation sites (tertiary alicyclic amines) is 1. The van der Waals surface area contributed by atoms with E-state index in [-0.39, 0.29) is 12.5 Å². The fourth-order valence-corrected chi connectivity index (χ4v) is 3.37. The van der Waals surface area contributed by atoms with Crippen LogP contribution >= 0.6 is 11.6 Å². The predicted molar refractivity (Wildman–Crippen MR) is 104 cm³/mol. The van der Waals surface area contributed by atoms with Crippen molar-refractivity contribution in [3.63, 3.8) is 0 Å². The number of carbonyl (C=O) groups is 1. The van der Waals surface area contributed by atoms with Crippen LogP contribution in [0.1, 0.15) is 30.4 Å². The van der Waals surface area contributed by atoms with Crippen LogP contribution in [0, 0.1) is 0 Å². The van der Waals surface area contributed by atoms with Crippen LogP contribution in [-0.4, -0.2) is 30.5 Å². The Hall–Kier alpha value is -2.04. The van der Waals surface area contributed by atoms with E-state index in [0.29, 0.717) is 17.3 Å². The minimum absolute atomic E-state index is 0.0192. The molecule has 1 aliphatic heterocycles. The summed E-state index contributed by atoms with van der Waals surface area (Å²) in [7, 11) is 0. The fraction of sp³-hybridized carbons (Fsp3) is 0.381. The lowest BCUT2D eigenvalue weighted by atomic mass is 10.0. The first-order valence-electron chi connectivity index (χ1n) is 9.15. The van der Waals surface area contributed by atoms with Gasteiger partial charge in [-0.05, 0) is 55.3 Å². The van der Waals surface area contributed by atoms with Gasteiger partial charge in [-0.15, -0.1) is 0 Å². The van der Waals surface area contributed by atoms with Gasteiger partial charge in [-0.25, -0.2) is 0 Å². The standard InChI is InChI=1S/C21H25ClN2O2/c22-19-9-6-10-20(13-19)26-16-21(25)23-14-17-7-2-3-8-18(17)15-24-11-4-1-5-12-24/h2-3,6-10,13H,1,4-5,11-12,14-16H2,(H,23,25). The number of rotatable bonds is 7. The molecule has 0 aromatic heterocycles. The van der Waals surface area contributed by atoms with Gasteiger partial charge in [0.05, 0.1) is 0 Å². The highest BCUT2D eigenvalue weighted by Gasteiger charge is 2.13. The summed E-state index contributed by atoms with van der Waals surface area (Å²) in [4.78, 5) is 14.6. The Morgan fingerprint density at radius 3 is 2.58 bits per heavy atom. The van der Waals surface area contributed by atoms with Gasteiger partial charge in [-0.1, -0.05) is 48.4 Å². The number of nitrogens with one attached hydrogen (secondary N) is 1. The van der Waals surface area contributed by atoms with Gasteiger partial charge in [-0.3, -0.25) is 9.69 Å². The third kappa shape index (κ3) is 5.75. The molecule has 4 nitrogen and oxygen atoms in total. The molecular formula is C21H25ClN2O2. The zero-order valence-electron chi connectivity index (χ0n) is 14.9. The van der Waals surface area contributed by atoms with Crippen molar-refractivity contribution in [2.24, 2.45) is 0 Å². The first-order valence-corrected chi connectivity index (χ1v) is 9.53. The van der Waals surface area contributed by atoms with Crippen molar-refractivity contribution < 1.29 is 9.53 Å². The van der Waals surface area contributed by atoms with Gasteiger partial charge in [0.15, 0.2) is 6.61 Å². The summed E-state index contributed by atoms with van der Waals surface area (Å²) < 4.78 is 5.48. The molecule has 1 aliphatic rings. The number of halogens is 1. The van der Waals surface area contributed by atoms with Crippen LogP contribution in [0.4, 0.5) is 0 Å². The monoisotopic (exact) mass is 372 g/mol. The number of carbonyl (C=O) groups excluding carboxylic acids is 1. The predicted octanol–water partition coefficient (Wildman–Crippen LogP) is 4.02. The van der Waals surface area contributed by atoms with Gasteiger partial charge >= 0.3 is 0 Å². The van der Waals surface area contributed by atoms with Crippen LogP contribution < -0.4 is 10.1 Å². The SMILES string of the molecule is O=C(COc1cccc(Cl)c1)NCc1ccccc1CN1CCCCC1. The number of amides is 1. The van der Waals surface area contributed by atoms with Crippen molar-refractivity contribution in [3.8, 4) is 5.75 Å². The highest BCUT2D eigenvalue weighted by molar-refractivity contribution is 6.30. The molecule has 1 N–H and O–H groups in total. The number of benzene rings is 2. The van der Waals surface area contributed by atoms with Gasteiger partial charge in [0, 0.05) is 18.1 Å². The topological polar surface area (TPSA) is 41.6 Å². The van der Waals surface area contributed by atoms with Crippen molar-refractivity contribution in [1.29, 1.82) is 0 Å². The van der Waals surface area contributed by atoms with E-state index in [0.717, 1.165) is 25.2 Å². The smallest absolute Gasteiger partial charge is 0.258 e. The molecule has 1 amide bonds. The summed E-state index contributed by atoms with van der Waals surface area (Å²) in [5, 5.41) is 3.54. The largest absolute Gasteiger partial charge is 0.484 e. The van der Waals surface area contributed by atoms with Crippen molar-refractivity contribution in [1.82, 2.24) is 10.2 Å². The Labute approximate surface area is 160 Å². The maximum Gasteiger partial charge on any atom is 0.258 e. The molecular weight excluding hydrogens is 348 g/mol. The number of hydrogen-bond acceptors (Lipinski definition) is 3. The number of nitrogens with zero attached hydrogens (tertiary/aromatic N) is 1. The third-order valence-electron chi connectivity index (χ3n) is 4.60. The molecule has 0 saturated carbocycles. The van der Waals surface area contributed by atoms with E-state index in [1.807, 2.05) is 6.07 Å². The number of hydrogen-bond donors (Lipinski definition) is 1. The minimum Gasteiger partial charge on any atom is -0.484 e. The number of ether oxygens (including phenoxy) is 1. The molecule has 0 radical (unpaired) electrons. The second-order valence-corrected chi connectivity index (χ2v) is 7.06. The molecule has 1 heterocycles. The average Bonchev–Trinajstić information content (AvgIpc) is 2.66. The highest BCUT2D eigenvalue weighted by Crippen LogP contribution is 2.17. The quantitative estimate of drug-likeness (QED) is 0.798. The summed E-state index contributed by atoms with van der Waals surface area (Å²) in [6.07, 6.45) is 3.89. The fourth-order valence-electron chi connectivity index (χ4n) is 3.19. The second kappa shape index (κ2) is 9.60. The molecule has 0 unspecified atom stereocenters. The van der Waals surface area contributed by atoms with Crippen molar-refractivity contribution in [2.75, 3.05) is 19.7 Å². The molecule has 138 valence electrons. The van der Waals surface area contributed by atoms with Gasteiger partial charge in [0.2, 0.25) is 0 Å². The molecule has 26 heavy (non-hydrogen) atoms. The lowest BCUT2D eigenvalue weighted by molar-refractivity contribution is -0.123. The van der Waals surface area contributed by atoms with Crippen LogP contribution in [0.15, 0.2) is 48.5 Å². The van der Waals surface area contributed by atoms with Crippen molar-refractivity contribution in [2.45, 2.75) is 32.4 Å². The molecule has 1 fully saturated rings. The summed E-state index contributed by atoms with van der Waals surface area (Å²) in [5.41, 5.74) is 2.44. The molecule has 0 atom stereocenters. The van der Waals surface area contributed by atoms with Gasteiger partial charge < -0.3 is 10.1 Å². The lowest BCUT2D eigenvalue weighted by Gasteiger charge is -2.27. The summed E-state index contributed by atoms with van der Waals surface area (Å²) >= 11 is 5.91. The zero-order chi connectivity index (χ0) is 18.2. The van der Waals surface area contributed by atoms with Gasteiger partial charge in [-0.2, -0.15) is 0 Å². The van der Waals surface area contributed by atoms with E-state index >= 15 is 0 Å². The van der Waals surface area contributed by atoms with Crippen LogP contribution in [0.5, 0.6) is 5.75 Å². The van der Waals surface area contributed by atoms with Crippen LogP contribution in [0.2, 0.25) is 5.02 Å². The Morgan fingerprint density at radius 2 is 1.81 bits per heavy atom. The maximum atomic E-state index is 12.1. The van der Waals surface area contributed by atoms with E-state index in [1.54, 1.807) is 24.3 Å². The van der Waals surface area contributed by atoms with Gasteiger partial charge in [0.25, 0.3) is 5.91 Å². The molecule has 1 saturated heterocycles.